The van der Waals surface area contributed by atoms with Crippen molar-refractivity contribution in [2.24, 2.45) is 5.92 Å². The van der Waals surface area contributed by atoms with Gasteiger partial charge in [0.25, 0.3) is 0 Å². The number of nitrogens with one attached hydrogen (secondary N) is 2. The Bertz CT molecular complexity index is 1020. The van der Waals surface area contributed by atoms with Gasteiger partial charge >= 0.3 is 6.03 Å². The number of rotatable bonds is 7. The number of carbonyl (C=O) groups is 2. The molecule has 0 bridgehead atoms. The predicted octanol–water partition coefficient (Wildman–Crippen LogP) is 2.91. The fraction of sp³-hybridized carbons (Fsp3) is 0.440. The number of carbonyl (C=O) groups excluding carboxylic acids is 2. The smallest absolute Gasteiger partial charge is 0.319 e. The highest BCUT2D eigenvalue weighted by Crippen LogP contribution is 2.32. The highest BCUT2D eigenvalue weighted by Gasteiger charge is 2.31. The summed E-state index contributed by atoms with van der Waals surface area (Å²) in [7, 11) is 1.57. The van der Waals surface area contributed by atoms with Crippen LogP contribution in [-0.4, -0.2) is 67.9 Å². The molecule has 3 amide bonds. The van der Waals surface area contributed by atoms with Crippen LogP contribution in [0.5, 0.6) is 17.2 Å². The van der Waals surface area contributed by atoms with Gasteiger partial charge in [-0.05, 0) is 35.7 Å². The van der Waals surface area contributed by atoms with Crippen LogP contribution in [0.1, 0.15) is 19.4 Å². The molecule has 2 aliphatic heterocycles. The molecule has 1 unspecified atom stereocenters. The van der Waals surface area contributed by atoms with E-state index in [0.717, 1.165) is 36.7 Å². The molecule has 34 heavy (non-hydrogen) atoms. The summed E-state index contributed by atoms with van der Waals surface area (Å²) in [6, 6.07) is 12.1. The monoisotopic (exact) mass is 468 g/mol. The molecule has 2 aliphatic rings. The number of anilines is 1. The van der Waals surface area contributed by atoms with Crippen molar-refractivity contribution < 1.29 is 23.8 Å². The molecular formula is C25H32N4O5. The summed E-state index contributed by atoms with van der Waals surface area (Å²) in [4.78, 5) is 30.0. The summed E-state index contributed by atoms with van der Waals surface area (Å²) >= 11 is 0. The minimum atomic E-state index is -0.606. The van der Waals surface area contributed by atoms with E-state index in [-0.39, 0.29) is 18.6 Å². The number of amides is 3. The lowest BCUT2D eigenvalue weighted by Gasteiger charge is -2.37. The SMILES string of the molecule is COc1cccc(NC(=O)NC(C(=O)N2CCN(Cc3ccc4c(c3)OCO4)CC2)C(C)C)c1. The molecule has 1 atom stereocenters. The maximum atomic E-state index is 13.2. The molecule has 9 heteroatoms. The Kier molecular flexibility index (Phi) is 7.42. The molecule has 1 saturated heterocycles. The van der Waals surface area contributed by atoms with Gasteiger partial charge in [0.15, 0.2) is 11.5 Å². The van der Waals surface area contributed by atoms with Crippen LogP contribution in [0, 0.1) is 5.92 Å². The summed E-state index contributed by atoms with van der Waals surface area (Å²) < 4.78 is 16.0. The van der Waals surface area contributed by atoms with Crippen LogP contribution in [-0.2, 0) is 11.3 Å². The van der Waals surface area contributed by atoms with E-state index in [9.17, 15) is 9.59 Å². The maximum Gasteiger partial charge on any atom is 0.319 e. The molecule has 1 fully saturated rings. The van der Waals surface area contributed by atoms with Gasteiger partial charge in [-0.3, -0.25) is 9.69 Å². The second kappa shape index (κ2) is 10.6. The van der Waals surface area contributed by atoms with Crippen molar-refractivity contribution in [2.45, 2.75) is 26.4 Å². The topological polar surface area (TPSA) is 92.4 Å². The van der Waals surface area contributed by atoms with E-state index in [4.69, 9.17) is 14.2 Å². The van der Waals surface area contributed by atoms with Crippen LogP contribution in [0.25, 0.3) is 0 Å². The summed E-state index contributed by atoms with van der Waals surface area (Å²) in [6.45, 7) is 7.68. The summed E-state index contributed by atoms with van der Waals surface area (Å²) in [5.74, 6) is 2.10. The van der Waals surface area contributed by atoms with Crippen molar-refractivity contribution in [2.75, 3.05) is 45.4 Å². The van der Waals surface area contributed by atoms with Gasteiger partial charge in [-0.15, -0.1) is 0 Å². The first-order valence-corrected chi connectivity index (χ1v) is 11.5. The number of urea groups is 1. The van der Waals surface area contributed by atoms with E-state index in [2.05, 4.69) is 15.5 Å². The Morgan fingerprint density at radius 3 is 2.53 bits per heavy atom. The molecule has 2 aromatic rings. The normalized spacial score (nSPS) is 16.3. The third-order valence-electron chi connectivity index (χ3n) is 6.07. The molecule has 2 heterocycles. The molecule has 0 saturated carbocycles. The Morgan fingerprint density at radius 2 is 1.79 bits per heavy atom. The Morgan fingerprint density at radius 1 is 1.03 bits per heavy atom. The quantitative estimate of drug-likeness (QED) is 0.649. The van der Waals surface area contributed by atoms with Gasteiger partial charge in [0, 0.05) is 44.5 Å². The van der Waals surface area contributed by atoms with Crippen LogP contribution in [0.2, 0.25) is 0 Å². The zero-order chi connectivity index (χ0) is 24.1. The molecule has 0 radical (unpaired) electrons. The predicted molar refractivity (Wildman–Crippen MR) is 128 cm³/mol. The van der Waals surface area contributed by atoms with E-state index in [0.29, 0.717) is 24.5 Å². The first-order chi connectivity index (χ1) is 16.4. The van der Waals surface area contributed by atoms with Gasteiger partial charge in [0.05, 0.1) is 7.11 Å². The first-order valence-electron chi connectivity index (χ1n) is 11.5. The van der Waals surface area contributed by atoms with Crippen molar-refractivity contribution in [1.82, 2.24) is 15.1 Å². The van der Waals surface area contributed by atoms with Gasteiger partial charge in [-0.25, -0.2) is 4.79 Å². The summed E-state index contributed by atoms with van der Waals surface area (Å²) in [5.41, 5.74) is 1.75. The standard InChI is InChI=1S/C25H32N4O5/c1-17(2)23(27-25(31)26-19-5-4-6-20(14-19)32-3)24(30)29-11-9-28(10-12-29)15-18-7-8-21-22(13-18)34-16-33-21/h4-8,13-14,17,23H,9-12,15-16H2,1-3H3,(H2,26,27,31). The highest BCUT2D eigenvalue weighted by atomic mass is 16.7. The van der Waals surface area contributed by atoms with Gasteiger partial charge in [-0.2, -0.15) is 0 Å². The molecule has 0 aliphatic carbocycles. The molecule has 0 aromatic heterocycles. The molecule has 2 aromatic carbocycles. The summed E-state index contributed by atoms with van der Waals surface area (Å²) in [6.07, 6.45) is 0. The van der Waals surface area contributed by atoms with E-state index in [1.807, 2.05) is 36.9 Å². The molecule has 0 spiro atoms. The number of fused-ring (bicyclic) bond motifs is 1. The zero-order valence-corrected chi connectivity index (χ0v) is 19.9. The van der Waals surface area contributed by atoms with Crippen molar-refractivity contribution >= 4 is 17.6 Å². The van der Waals surface area contributed by atoms with Crippen molar-refractivity contribution in [1.29, 1.82) is 0 Å². The zero-order valence-electron chi connectivity index (χ0n) is 19.9. The number of methoxy groups -OCH3 is 1. The molecule has 2 N–H and O–H groups in total. The highest BCUT2D eigenvalue weighted by molar-refractivity contribution is 5.94. The number of piperazine rings is 1. The second-order valence-electron chi connectivity index (χ2n) is 8.84. The third kappa shape index (κ3) is 5.72. The van der Waals surface area contributed by atoms with E-state index in [1.54, 1.807) is 31.4 Å². The largest absolute Gasteiger partial charge is 0.497 e. The van der Waals surface area contributed by atoms with E-state index >= 15 is 0 Å². The summed E-state index contributed by atoms with van der Waals surface area (Å²) in [5, 5.41) is 5.64. The van der Waals surface area contributed by atoms with Gasteiger partial charge in [0.1, 0.15) is 11.8 Å². The number of hydrogen-bond donors (Lipinski definition) is 2. The lowest BCUT2D eigenvalue weighted by molar-refractivity contribution is -0.136. The second-order valence-corrected chi connectivity index (χ2v) is 8.84. The first kappa shape index (κ1) is 23.7. The number of nitrogens with zero attached hydrogens (tertiary/aromatic N) is 2. The molecule has 182 valence electrons. The van der Waals surface area contributed by atoms with Gasteiger partial charge in [0.2, 0.25) is 12.7 Å². The third-order valence-corrected chi connectivity index (χ3v) is 6.07. The lowest BCUT2D eigenvalue weighted by atomic mass is 10.0. The number of hydrogen-bond acceptors (Lipinski definition) is 6. The Hall–Kier alpha value is -3.46. The Balaban J connectivity index is 1.29. The van der Waals surface area contributed by atoms with Gasteiger partial charge in [-0.1, -0.05) is 26.0 Å². The van der Waals surface area contributed by atoms with E-state index < -0.39 is 12.1 Å². The van der Waals surface area contributed by atoms with E-state index in [1.165, 1.54) is 0 Å². The average Bonchev–Trinajstić information content (AvgIpc) is 3.30. The minimum absolute atomic E-state index is 0.0461. The Labute approximate surface area is 200 Å². The van der Waals surface area contributed by atoms with Crippen molar-refractivity contribution in [3.8, 4) is 17.2 Å². The number of ether oxygens (including phenoxy) is 3. The van der Waals surface area contributed by atoms with Crippen LogP contribution >= 0.6 is 0 Å². The van der Waals surface area contributed by atoms with Crippen LogP contribution < -0.4 is 24.8 Å². The van der Waals surface area contributed by atoms with Crippen LogP contribution in [0.3, 0.4) is 0 Å². The van der Waals surface area contributed by atoms with Gasteiger partial charge < -0.3 is 29.7 Å². The fourth-order valence-electron chi connectivity index (χ4n) is 4.14. The fourth-order valence-corrected chi connectivity index (χ4v) is 4.14. The lowest BCUT2D eigenvalue weighted by Crippen LogP contribution is -2.56. The van der Waals surface area contributed by atoms with Crippen molar-refractivity contribution in [3.05, 3.63) is 48.0 Å². The minimum Gasteiger partial charge on any atom is -0.497 e. The van der Waals surface area contributed by atoms with Crippen LogP contribution in [0.4, 0.5) is 10.5 Å². The van der Waals surface area contributed by atoms with Crippen LogP contribution in [0.15, 0.2) is 42.5 Å². The van der Waals surface area contributed by atoms with Crippen molar-refractivity contribution in [3.63, 3.8) is 0 Å². The molecule has 4 rings (SSSR count). The maximum absolute atomic E-state index is 13.2. The number of benzene rings is 2. The molecule has 9 nitrogen and oxygen atoms in total. The average molecular weight is 469 g/mol. The molecular weight excluding hydrogens is 436 g/mol.